The number of nitro groups is 1. The lowest BCUT2D eigenvalue weighted by Gasteiger charge is -2.14. The number of aryl methyl sites for hydroxylation is 2. The third-order valence-electron chi connectivity index (χ3n) is 3.50. The molecule has 128 valence electrons. The molecule has 0 saturated heterocycles. The smallest absolute Gasteiger partial charge is 0.416 e. The molecule has 0 amide bonds. The lowest BCUT2D eigenvalue weighted by atomic mass is 10.0. The van der Waals surface area contributed by atoms with E-state index in [9.17, 15) is 23.3 Å². The molecule has 7 heteroatoms. The van der Waals surface area contributed by atoms with E-state index in [1.165, 1.54) is 24.3 Å². The van der Waals surface area contributed by atoms with Gasteiger partial charge in [-0.15, -0.1) is 0 Å². The topological polar surface area (TPSA) is 52.4 Å². The van der Waals surface area contributed by atoms with Crippen LogP contribution >= 0.6 is 0 Å². The molecule has 0 bridgehead atoms. The Morgan fingerprint density at radius 1 is 1.17 bits per heavy atom. The first-order chi connectivity index (χ1) is 11.2. The van der Waals surface area contributed by atoms with Gasteiger partial charge in [0.2, 0.25) is 0 Å². The summed E-state index contributed by atoms with van der Waals surface area (Å²) >= 11 is 0. The van der Waals surface area contributed by atoms with Gasteiger partial charge in [0.05, 0.1) is 10.5 Å². The van der Waals surface area contributed by atoms with Crippen LogP contribution in [0.3, 0.4) is 0 Å². The zero-order valence-electron chi connectivity index (χ0n) is 13.2. The fourth-order valence-electron chi connectivity index (χ4n) is 2.34. The number of nitro benzene ring substituents is 1. The number of nitrogens with zero attached hydrogens (tertiary/aromatic N) is 1. The lowest BCUT2D eigenvalue weighted by Crippen LogP contribution is -2.06. The van der Waals surface area contributed by atoms with Crippen LogP contribution in [0.25, 0.3) is 0 Å². The highest BCUT2D eigenvalue weighted by Crippen LogP contribution is 2.35. The van der Waals surface area contributed by atoms with Crippen molar-refractivity contribution in [1.82, 2.24) is 0 Å². The second kappa shape index (κ2) is 6.90. The van der Waals surface area contributed by atoms with Gasteiger partial charge in [-0.2, -0.15) is 13.2 Å². The summed E-state index contributed by atoms with van der Waals surface area (Å²) in [5, 5.41) is 10.8. The summed E-state index contributed by atoms with van der Waals surface area (Å²) in [5.41, 5.74) is 0.103. The van der Waals surface area contributed by atoms with Crippen LogP contribution in [-0.4, -0.2) is 4.92 Å². The first-order valence-corrected chi connectivity index (χ1v) is 7.35. The molecule has 0 N–H and O–H groups in total. The van der Waals surface area contributed by atoms with Gasteiger partial charge in [0, 0.05) is 11.6 Å². The van der Waals surface area contributed by atoms with Crippen LogP contribution in [0.5, 0.6) is 11.5 Å². The highest BCUT2D eigenvalue weighted by atomic mass is 19.4. The molecule has 0 saturated carbocycles. The number of benzene rings is 2. The Balaban J connectivity index is 2.35. The molecule has 0 aliphatic heterocycles. The molecule has 0 aromatic heterocycles. The average Bonchev–Trinajstić information content (AvgIpc) is 2.48. The summed E-state index contributed by atoms with van der Waals surface area (Å²) < 4.78 is 44.2. The van der Waals surface area contributed by atoms with Crippen LogP contribution in [0.2, 0.25) is 0 Å². The molecule has 0 aliphatic carbocycles. The molecular formula is C17H16F3NO3. The summed E-state index contributed by atoms with van der Waals surface area (Å²) in [6.45, 7) is 3.44. The van der Waals surface area contributed by atoms with E-state index in [1.807, 2.05) is 6.92 Å². The third kappa shape index (κ3) is 4.04. The molecule has 24 heavy (non-hydrogen) atoms. The minimum absolute atomic E-state index is 0.0384. The minimum Gasteiger partial charge on any atom is -0.457 e. The Labute approximate surface area is 137 Å². The summed E-state index contributed by atoms with van der Waals surface area (Å²) in [6, 6.07) is 7.56. The highest BCUT2D eigenvalue weighted by molar-refractivity contribution is 5.47. The molecule has 0 atom stereocenters. The quantitative estimate of drug-likeness (QED) is 0.521. The van der Waals surface area contributed by atoms with Crippen LogP contribution in [0.1, 0.15) is 30.0 Å². The van der Waals surface area contributed by atoms with Gasteiger partial charge in [0.25, 0.3) is 5.69 Å². The van der Waals surface area contributed by atoms with Crippen molar-refractivity contribution in [3.8, 4) is 11.5 Å². The average molecular weight is 339 g/mol. The van der Waals surface area contributed by atoms with E-state index >= 15 is 0 Å². The normalized spacial score (nSPS) is 11.4. The highest BCUT2D eigenvalue weighted by Gasteiger charge is 2.31. The van der Waals surface area contributed by atoms with Gasteiger partial charge in [-0.1, -0.05) is 13.3 Å². The van der Waals surface area contributed by atoms with Crippen molar-refractivity contribution in [2.24, 2.45) is 0 Å². The van der Waals surface area contributed by atoms with Gasteiger partial charge >= 0.3 is 6.18 Å². The van der Waals surface area contributed by atoms with Gasteiger partial charge in [-0.3, -0.25) is 10.1 Å². The van der Waals surface area contributed by atoms with Crippen molar-refractivity contribution in [1.29, 1.82) is 0 Å². The molecule has 2 aromatic carbocycles. The van der Waals surface area contributed by atoms with Gasteiger partial charge in [-0.05, 0) is 49.2 Å². The molecule has 0 aliphatic rings. The zero-order chi connectivity index (χ0) is 17.9. The Hall–Kier alpha value is -2.57. The van der Waals surface area contributed by atoms with Crippen molar-refractivity contribution in [3.05, 3.63) is 63.2 Å². The Morgan fingerprint density at radius 2 is 1.88 bits per heavy atom. The van der Waals surface area contributed by atoms with Gasteiger partial charge < -0.3 is 4.74 Å². The number of halogens is 3. The van der Waals surface area contributed by atoms with Crippen LogP contribution < -0.4 is 4.74 Å². The summed E-state index contributed by atoms with van der Waals surface area (Å²) in [5.74, 6) is 0.660. The Bertz CT molecular complexity index is 757. The molecule has 2 aromatic rings. The van der Waals surface area contributed by atoms with E-state index in [4.69, 9.17) is 4.74 Å². The number of hydrogen-bond donors (Lipinski definition) is 0. The number of alkyl halides is 3. The van der Waals surface area contributed by atoms with Crippen molar-refractivity contribution >= 4 is 5.69 Å². The second-order valence-electron chi connectivity index (χ2n) is 5.38. The molecule has 0 unspecified atom stereocenters. The minimum atomic E-state index is -4.41. The first-order valence-electron chi connectivity index (χ1n) is 7.35. The van der Waals surface area contributed by atoms with Crippen LogP contribution in [0.4, 0.5) is 18.9 Å². The lowest BCUT2D eigenvalue weighted by molar-refractivity contribution is -0.385. The Kier molecular flexibility index (Phi) is 5.11. The predicted octanol–water partition coefficient (Wildman–Crippen LogP) is 5.67. The van der Waals surface area contributed by atoms with E-state index in [0.717, 1.165) is 12.1 Å². The maximum atomic E-state index is 12.8. The van der Waals surface area contributed by atoms with Gasteiger partial charge in [0.15, 0.2) is 0 Å². The second-order valence-corrected chi connectivity index (χ2v) is 5.38. The van der Waals surface area contributed by atoms with E-state index in [1.54, 1.807) is 6.92 Å². The first kappa shape index (κ1) is 17.8. The van der Waals surface area contributed by atoms with E-state index in [2.05, 4.69) is 0 Å². The monoisotopic (exact) mass is 339 g/mol. The molecular weight excluding hydrogens is 323 g/mol. The van der Waals surface area contributed by atoms with E-state index in [0.29, 0.717) is 35.5 Å². The summed E-state index contributed by atoms with van der Waals surface area (Å²) in [4.78, 5) is 10.3. The van der Waals surface area contributed by atoms with Crippen molar-refractivity contribution < 1.29 is 22.8 Å². The van der Waals surface area contributed by atoms with Crippen LogP contribution in [-0.2, 0) is 12.6 Å². The SMILES string of the molecule is CCCc1cc(C(F)(F)F)ccc1Oc1ccc([N+](=O)[O-])c(C)c1. The summed E-state index contributed by atoms with van der Waals surface area (Å²) in [6.07, 6.45) is -3.31. The van der Waals surface area contributed by atoms with Gasteiger partial charge in [0.1, 0.15) is 11.5 Å². The van der Waals surface area contributed by atoms with Crippen molar-refractivity contribution in [3.63, 3.8) is 0 Å². The largest absolute Gasteiger partial charge is 0.457 e. The fraction of sp³-hybridized carbons (Fsp3) is 0.294. The molecule has 0 heterocycles. The Morgan fingerprint density at radius 3 is 2.42 bits per heavy atom. The predicted molar refractivity (Wildman–Crippen MR) is 83.3 cm³/mol. The molecule has 4 nitrogen and oxygen atoms in total. The fourth-order valence-corrected chi connectivity index (χ4v) is 2.34. The van der Waals surface area contributed by atoms with Crippen LogP contribution in [0.15, 0.2) is 36.4 Å². The van der Waals surface area contributed by atoms with Crippen molar-refractivity contribution in [2.45, 2.75) is 32.9 Å². The van der Waals surface area contributed by atoms with Gasteiger partial charge in [-0.25, -0.2) is 0 Å². The number of ether oxygens (including phenoxy) is 1. The van der Waals surface area contributed by atoms with Crippen molar-refractivity contribution in [2.75, 3.05) is 0 Å². The maximum absolute atomic E-state index is 12.8. The molecule has 0 radical (unpaired) electrons. The zero-order valence-corrected chi connectivity index (χ0v) is 13.2. The maximum Gasteiger partial charge on any atom is 0.416 e. The standard InChI is InChI=1S/C17H16F3NO3/c1-3-4-12-10-13(17(18,19)20)5-8-16(12)24-14-6-7-15(21(22)23)11(2)9-14/h5-10H,3-4H2,1-2H3. The molecule has 2 rings (SSSR count). The third-order valence-corrected chi connectivity index (χ3v) is 3.50. The summed E-state index contributed by atoms with van der Waals surface area (Å²) in [7, 11) is 0. The van der Waals surface area contributed by atoms with E-state index < -0.39 is 16.7 Å². The molecule has 0 fully saturated rings. The number of hydrogen-bond acceptors (Lipinski definition) is 3. The molecule has 0 spiro atoms. The van der Waals surface area contributed by atoms with Crippen LogP contribution in [0, 0.1) is 17.0 Å². The number of rotatable bonds is 5. The van der Waals surface area contributed by atoms with E-state index in [-0.39, 0.29) is 5.69 Å².